The molecule has 1 heterocycles. The summed E-state index contributed by atoms with van der Waals surface area (Å²) in [6, 6.07) is -0.829. The molecule has 3 N–H and O–H groups in total. The fourth-order valence-corrected chi connectivity index (χ4v) is 2.63. The Morgan fingerprint density at radius 3 is 1.92 bits per heavy atom. The Labute approximate surface area is 145 Å². The highest BCUT2D eigenvalue weighted by Crippen LogP contribution is 2.26. The highest BCUT2D eigenvalue weighted by molar-refractivity contribution is 5.73. The first-order valence-corrected chi connectivity index (χ1v) is 7.76. The van der Waals surface area contributed by atoms with Crippen molar-refractivity contribution < 1.29 is 38.1 Å². The van der Waals surface area contributed by atoms with Crippen molar-refractivity contribution in [2.45, 2.75) is 58.2 Å². The van der Waals surface area contributed by atoms with Crippen LogP contribution in [0, 0.1) is 0 Å². The molecule has 10 heteroatoms. The summed E-state index contributed by atoms with van der Waals surface area (Å²) < 4.78 is 21.2. The van der Waals surface area contributed by atoms with Crippen molar-refractivity contribution in [1.29, 1.82) is 0 Å². The number of nitrogens with two attached hydrogens (primary N) is 1. The second-order valence-corrected chi connectivity index (χ2v) is 5.63. The van der Waals surface area contributed by atoms with Crippen LogP contribution >= 0.6 is 0 Å². The SMILES string of the molecule is CC(=O)N[C@@H]1[C@@H](OC(C)=O)[C@H](OC(C)=O)[C@@H](COC(C)=O)O[C@H]1CN. The van der Waals surface area contributed by atoms with Crippen LogP contribution in [0.5, 0.6) is 0 Å². The van der Waals surface area contributed by atoms with Crippen LogP contribution in [-0.4, -0.2) is 67.4 Å². The van der Waals surface area contributed by atoms with Crippen molar-refractivity contribution in [3.8, 4) is 0 Å². The first-order valence-electron chi connectivity index (χ1n) is 7.76. The average Bonchev–Trinajstić information content (AvgIpc) is 2.48. The van der Waals surface area contributed by atoms with Gasteiger partial charge < -0.3 is 30.0 Å². The van der Waals surface area contributed by atoms with Crippen LogP contribution in [0.25, 0.3) is 0 Å². The molecule has 0 aliphatic carbocycles. The molecule has 0 radical (unpaired) electrons. The summed E-state index contributed by atoms with van der Waals surface area (Å²) in [4.78, 5) is 45.6. The van der Waals surface area contributed by atoms with Crippen LogP contribution in [0.15, 0.2) is 0 Å². The molecule has 0 spiro atoms. The van der Waals surface area contributed by atoms with Crippen molar-refractivity contribution >= 4 is 23.8 Å². The smallest absolute Gasteiger partial charge is 0.303 e. The molecule has 0 aromatic carbocycles. The molecular weight excluding hydrogens is 336 g/mol. The van der Waals surface area contributed by atoms with Crippen LogP contribution in [-0.2, 0) is 38.1 Å². The van der Waals surface area contributed by atoms with Crippen LogP contribution in [0.3, 0.4) is 0 Å². The molecule has 1 aliphatic rings. The van der Waals surface area contributed by atoms with E-state index in [2.05, 4.69) is 5.32 Å². The minimum absolute atomic E-state index is 0.00786. The number of amides is 1. The lowest BCUT2D eigenvalue weighted by Gasteiger charge is -2.45. The van der Waals surface area contributed by atoms with Gasteiger partial charge in [0, 0.05) is 34.2 Å². The number of rotatable bonds is 6. The lowest BCUT2D eigenvalue weighted by molar-refractivity contribution is -0.222. The number of ether oxygens (including phenoxy) is 4. The van der Waals surface area contributed by atoms with Gasteiger partial charge in [0.25, 0.3) is 0 Å². The second kappa shape index (κ2) is 9.33. The Morgan fingerprint density at radius 2 is 1.48 bits per heavy atom. The molecule has 142 valence electrons. The number of esters is 3. The van der Waals surface area contributed by atoms with E-state index in [-0.39, 0.29) is 13.2 Å². The van der Waals surface area contributed by atoms with E-state index in [9.17, 15) is 19.2 Å². The van der Waals surface area contributed by atoms with Gasteiger partial charge in [0.05, 0.1) is 12.1 Å². The van der Waals surface area contributed by atoms with Crippen LogP contribution < -0.4 is 11.1 Å². The molecule has 1 saturated heterocycles. The van der Waals surface area contributed by atoms with Gasteiger partial charge in [-0.2, -0.15) is 0 Å². The summed E-state index contributed by atoms with van der Waals surface area (Å²) in [6.45, 7) is 4.62. The number of nitrogens with one attached hydrogen (secondary N) is 1. The van der Waals surface area contributed by atoms with Crippen molar-refractivity contribution in [3.63, 3.8) is 0 Å². The van der Waals surface area contributed by atoms with E-state index in [1.165, 1.54) is 27.7 Å². The summed E-state index contributed by atoms with van der Waals surface area (Å²) in [6.07, 6.45) is -3.77. The van der Waals surface area contributed by atoms with Crippen molar-refractivity contribution in [3.05, 3.63) is 0 Å². The molecule has 5 atom stereocenters. The zero-order valence-corrected chi connectivity index (χ0v) is 14.6. The van der Waals surface area contributed by atoms with Crippen molar-refractivity contribution in [1.82, 2.24) is 5.32 Å². The third-order valence-corrected chi connectivity index (χ3v) is 3.45. The molecule has 0 bridgehead atoms. The second-order valence-electron chi connectivity index (χ2n) is 5.63. The van der Waals surface area contributed by atoms with Gasteiger partial charge in [-0.25, -0.2) is 0 Å². The summed E-state index contributed by atoms with van der Waals surface area (Å²) >= 11 is 0. The molecular formula is C15H24N2O8. The van der Waals surface area contributed by atoms with Crippen LogP contribution in [0.4, 0.5) is 0 Å². The number of hydrogen-bond acceptors (Lipinski definition) is 9. The molecule has 0 aromatic heterocycles. The number of hydrogen-bond donors (Lipinski definition) is 2. The highest BCUT2D eigenvalue weighted by Gasteiger charge is 2.50. The molecule has 0 unspecified atom stereocenters. The molecule has 0 saturated carbocycles. The lowest BCUT2D eigenvalue weighted by atomic mass is 9.92. The number of carbonyl (C=O) groups excluding carboxylic acids is 4. The predicted octanol–water partition coefficient (Wildman–Crippen LogP) is -1.36. The lowest BCUT2D eigenvalue weighted by Crippen LogP contribution is -2.67. The molecule has 1 rings (SSSR count). The third-order valence-electron chi connectivity index (χ3n) is 3.45. The van der Waals surface area contributed by atoms with Crippen molar-refractivity contribution in [2.75, 3.05) is 13.2 Å². The first kappa shape index (κ1) is 20.8. The summed E-state index contributed by atoms with van der Waals surface area (Å²) in [5.74, 6) is -2.24. The summed E-state index contributed by atoms with van der Waals surface area (Å²) in [7, 11) is 0. The largest absolute Gasteiger partial charge is 0.463 e. The van der Waals surface area contributed by atoms with Crippen LogP contribution in [0.1, 0.15) is 27.7 Å². The van der Waals surface area contributed by atoms with Gasteiger partial charge in [0.2, 0.25) is 5.91 Å². The highest BCUT2D eigenvalue weighted by atomic mass is 16.6. The maximum absolute atomic E-state index is 11.5. The maximum atomic E-state index is 11.5. The van der Waals surface area contributed by atoms with Gasteiger partial charge >= 0.3 is 17.9 Å². The van der Waals surface area contributed by atoms with Gasteiger partial charge in [-0.15, -0.1) is 0 Å². The van der Waals surface area contributed by atoms with Gasteiger partial charge in [0.1, 0.15) is 12.7 Å². The monoisotopic (exact) mass is 360 g/mol. The van der Waals surface area contributed by atoms with Gasteiger partial charge in [-0.3, -0.25) is 19.2 Å². The first-order chi connectivity index (χ1) is 11.6. The minimum atomic E-state index is -1.08. The average molecular weight is 360 g/mol. The Bertz CT molecular complexity index is 524. The molecule has 10 nitrogen and oxygen atoms in total. The van der Waals surface area contributed by atoms with E-state index < -0.39 is 54.3 Å². The molecule has 1 aliphatic heterocycles. The van der Waals surface area contributed by atoms with Gasteiger partial charge in [-0.05, 0) is 0 Å². The van der Waals surface area contributed by atoms with E-state index in [0.717, 1.165) is 0 Å². The summed E-state index contributed by atoms with van der Waals surface area (Å²) in [5.41, 5.74) is 5.69. The van der Waals surface area contributed by atoms with E-state index in [1.54, 1.807) is 0 Å². The van der Waals surface area contributed by atoms with Crippen LogP contribution in [0.2, 0.25) is 0 Å². The fourth-order valence-electron chi connectivity index (χ4n) is 2.63. The Balaban J connectivity index is 3.18. The third kappa shape index (κ3) is 6.31. The topological polar surface area (TPSA) is 143 Å². The van der Waals surface area contributed by atoms with E-state index >= 15 is 0 Å². The number of carbonyl (C=O) groups is 4. The maximum Gasteiger partial charge on any atom is 0.303 e. The van der Waals surface area contributed by atoms with Gasteiger partial charge in [0.15, 0.2) is 12.2 Å². The predicted molar refractivity (Wildman–Crippen MR) is 83.1 cm³/mol. The van der Waals surface area contributed by atoms with E-state index in [4.69, 9.17) is 24.7 Å². The molecule has 0 aromatic rings. The zero-order chi connectivity index (χ0) is 19.1. The van der Waals surface area contributed by atoms with Crippen molar-refractivity contribution in [2.24, 2.45) is 5.73 Å². The zero-order valence-electron chi connectivity index (χ0n) is 14.6. The standard InChI is InChI=1S/C15H24N2O8/c1-7(18)17-13-11(5-16)25-12(6-22-8(2)19)14(23-9(3)20)15(13)24-10(4)21/h11-15H,5-6,16H2,1-4H3,(H,17,18)/t11-,12+,13-,14+,15+/m0/s1. The molecule has 1 amide bonds. The van der Waals surface area contributed by atoms with E-state index in [0.29, 0.717) is 0 Å². The molecule has 1 fully saturated rings. The molecule has 25 heavy (non-hydrogen) atoms. The fraction of sp³-hybridized carbons (Fsp3) is 0.733. The Hall–Kier alpha value is -2.20. The summed E-state index contributed by atoms with van der Waals surface area (Å²) in [5, 5.41) is 2.61. The Kier molecular flexibility index (Phi) is 7.78. The minimum Gasteiger partial charge on any atom is -0.463 e. The quantitative estimate of drug-likeness (QED) is 0.433. The van der Waals surface area contributed by atoms with Gasteiger partial charge in [-0.1, -0.05) is 0 Å². The Morgan fingerprint density at radius 1 is 0.920 bits per heavy atom. The van der Waals surface area contributed by atoms with E-state index in [1.807, 2.05) is 0 Å². The normalized spacial score (nSPS) is 28.6.